The molecule has 124 valence electrons. The van der Waals surface area contributed by atoms with Crippen LogP contribution in [0.1, 0.15) is 36.0 Å². The van der Waals surface area contributed by atoms with Gasteiger partial charge in [0.1, 0.15) is 0 Å². The first kappa shape index (κ1) is 15.1. The first-order valence-corrected chi connectivity index (χ1v) is 8.66. The molecule has 0 radical (unpaired) electrons. The van der Waals surface area contributed by atoms with E-state index in [4.69, 9.17) is 4.74 Å². The topological polar surface area (TPSA) is 50.4 Å². The van der Waals surface area contributed by atoms with Gasteiger partial charge in [-0.15, -0.1) is 0 Å². The molecular formula is C20H22N2O2. The predicted molar refractivity (Wildman–Crippen MR) is 94.9 cm³/mol. The summed E-state index contributed by atoms with van der Waals surface area (Å²) in [4.78, 5) is 12.0. The number of alkyl carbamates (subject to hydrolysis) is 1. The number of hydrogen-bond donors (Lipinski definition) is 2. The Bertz CT molecular complexity index is 772. The van der Waals surface area contributed by atoms with Crippen molar-refractivity contribution in [3.05, 3.63) is 59.2 Å². The van der Waals surface area contributed by atoms with Crippen LogP contribution in [0.25, 0.3) is 0 Å². The molecule has 2 aromatic carbocycles. The Kier molecular flexibility index (Phi) is 3.89. The second kappa shape index (κ2) is 6.19. The van der Waals surface area contributed by atoms with Crippen molar-refractivity contribution in [2.45, 2.75) is 38.1 Å². The molecule has 0 saturated carbocycles. The molecule has 1 amide bonds. The maximum absolute atomic E-state index is 12.0. The predicted octanol–water partition coefficient (Wildman–Crippen LogP) is 4.13. The maximum atomic E-state index is 12.0. The van der Waals surface area contributed by atoms with E-state index in [-0.39, 0.29) is 18.1 Å². The van der Waals surface area contributed by atoms with E-state index >= 15 is 0 Å². The Hall–Kier alpha value is -2.49. The van der Waals surface area contributed by atoms with Crippen LogP contribution in [0.4, 0.5) is 16.2 Å². The van der Waals surface area contributed by atoms with Crippen LogP contribution in [0.2, 0.25) is 0 Å². The summed E-state index contributed by atoms with van der Waals surface area (Å²) >= 11 is 0. The van der Waals surface area contributed by atoms with Crippen LogP contribution in [0, 0.1) is 0 Å². The fourth-order valence-electron chi connectivity index (χ4n) is 4.03. The van der Waals surface area contributed by atoms with Gasteiger partial charge in [0.25, 0.3) is 0 Å². The zero-order chi connectivity index (χ0) is 16.5. The number of carbonyl (C=O) groups is 1. The maximum Gasteiger partial charge on any atom is 0.407 e. The first-order chi connectivity index (χ1) is 11.8. The quantitative estimate of drug-likeness (QED) is 0.874. The lowest BCUT2D eigenvalue weighted by Crippen LogP contribution is -2.42. The minimum absolute atomic E-state index is 0.102. The van der Waals surface area contributed by atoms with Crippen molar-refractivity contribution >= 4 is 17.5 Å². The van der Waals surface area contributed by atoms with Crippen LogP contribution < -0.4 is 10.6 Å². The number of amides is 1. The molecule has 0 spiro atoms. The summed E-state index contributed by atoms with van der Waals surface area (Å²) in [7, 11) is 0. The van der Waals surface area contributed by atoms with E-state index in [2.05, 4.69) is 53.1 Å². The summed E-state index contributed by atoms with van der Waals surface area (Å²) in [6.45, 7) is 2.23. The van der Waals surface area contributed by atoms with E-state index in [1.54, 1.807) is 0 Å². The summed E-state index contributed by atoms with van der Waals surface area (Å²) < 4.78 is 5.11. The standard InChI is InChI=1S/C20H22N2O2/c1-2-24-20(23)22-17-11-10-13-7-5-9-18-19(13)15(17)12-14-6-3-4-8-16(14)21-18/h3-9,15,17,21H,2,10-12H2,1H3,(H,22,23). The Balaban J connectivity index is 1.74. The van der Waals surface area contributed by atoms with Gasteiger partial charge in [-0.1, -0.05) is 30.3 Å². The molecule has 0 bridgehead atoms. The van der Waals surface area contributed by atoms with Crippen molar-refractivity contribution in [1.29, 1.82) is 0 Å². The fourth-order valence-corrected chi connectivity index (χ4v) is 4.03. The molecule has 4 nitrogen and oxygen atoms in total. The number of anilines is 2. The molecule has 0 aromatic heterocycles. The van der Waals surface area contributed by atoms with Gasteiger partial charge in [-0.3, -0.25) is 0 Å². The van der Waals surface area contributed by atoms with Crippen molar-refractivity contribution in [3.63, 3.8) is 0 Å². The van der Waals surface area contributed by atoms with Crippen molar-refractivity contribution in [2.24, 2.45) is 0 Å². The average Bonchev–Trinajstić information content (AvgIpc) is 2.75. The highest BCUT2D eigenvalue weighted by atomic mass is 16.5. The number of nitrogens with one attached hydrogen (secondary N) is 2. The lowest BCUT2D eigenvalue weighted by molar-refractivity contribution is 0.145. The van der Waals surface area contributed by atoms with Gasteiger partial charge in [0.05, 0.1) is 6.61 Å². The van der Waals surface area contributed by atoms with Crippen LogP contribution in [0.5, 0.6) is 0 Å². The zero-order valence-corrected chi connectivity index (χ0v) is 13.8. The lowest BCUT2D eigenvalue weighted by atomic mass is 9.76. The highest BCUT2D eigenvalue weighted by Crippen LogP contribution is 2.43. The summed E-state index contributed by atoms with van der Waals surface area (Å²) in [5.74, 6) is 0.269. The fraction of sp³-hybridized carbons (Fsp3) is 0.350. The first-order valence-electron chi connectivity index (χ1n) is 8.66. The molecule has 2 N–H and O–H groups in total. The van der Waals surface area contributed by atoms with Gasteiger partial charge in [0.15, 0.2) is 0 Å². The highest BCUT2D eigenvalue weighted by molar-refractivity contribution is 5.72. The molecule has 1 aliphatic carbocycles. The lowest BCUT2D eigenvalue weighted by Gasteiger charge is -2.34. The molecule has 2 unspecified atom stereocenters. The zero-order valence-electron chi connectivity index (χ0n) is 13.8. The number of carbonyl (C=O) groups excluding carboxylic acids is 1. The van der Waals surface area contributed by atoms with Crippen LogP contribution in [-0.4, -0.2) is 18.7 Å². The molecule has 4 heteroatoms. The number of fused-ring (bicyclic) bond motifs is 1. The summed E-state index contributed by atoms with van der Waals surface area (Å²) in [6.07, 6.45) is 2.54. The van der Waals surface area contributed by atoms with Gasteiger partial charge in [0, 0.05) is 23.3 Å². The third kappa shape index (κ3) is 2.62. The minimum Gasteiger partial charge on any atom is -0.450 e. The van der Waals surface area contributed by atoms with E-state index < -0.39 is 0 Å². The minimum atomic E-state index is -0.311. The second-order valence-electron chi connectivity index (χ2n) is 6.48. The van der Waals surface area contributed by atoms with Gasteiger partial charge in [-0.25, -0.2) is 4.79 Å². The van der Waals surface area contributed by atoms with Gasteiger partial charge < -0.3 is 15.4 Å². The van der Waals surface area contributed by atoms with Crippen molar-refractivity contribution in [2.75, 3.05) is 11.9 Å². The van der Waals surface area contributed by atoms with Crippen LogP contribution >= 0.6 is 0 Å². The number of ether oxygens (including phenoxy) is 1. The van der Waals surface area contributed by atoms with Gasteiger partial charge in [-0.05, 0) is 55.0 Å². The summed E-state index contributed by atoms with van der Waals surface area (Å²) in [5.41, 5.74) is 6.36. The van der Waals surface area contributed by atoms with E-state index in [9.17, 15) is 4.79 Å². The number of aryl methyl sites for hydroxylation is 1. The summed E-state index contributed by atoms with van der Waals surface area (Å²) in [6, 6.07) is 15.0. The van der Waals surface area contributed by atoms with Crippen LogP contribution in [0.3, 0.4) is 0 Å². The Labute approximate surface area is 142 Å². The largest absolute Gasteiger partial charge is 0.450 e. The Morgan fingerprint density at radius 3 is 2.83 bits per heavy atom. The van der Waals surface area contributed by atoms with Gasteiger partial charge in [-0.2, -0.15) is 0 Å². The monoisotopic (exact) mass is 322 g/mol. The molecule has 2 atom stereocenters. The third-order valence-electron chi connectivity index (χ3n) is 5.08. The number of rotatable bonds is 2. The van der Waals surface area contributed by atoms with Crippen LogP contribution in [-0.2, 0) is 17.6 Å². The molecule has 2 aliphatic rings. The number of benzene rings is 2. The molecular weight excluding hydrogens is 300 g/mol. The van der Waals surface area contributed by atoms with E-state index in [1.807, 2.05) is 6.92 Å². The molecule has 24 heavy (non-hydrogen) atoms. The Morgan fingerprint density at radius 1 is 1.17 bits per heavy atom. The van der Waals surface area contributed by atoms with Crippen molar-refractivity contribution in [1.82, 2.24) is 5.32 Å². The van der Waals surface area contributed by atoms with E-state index in [0.29, 0.717) is 6.61 Å². The van der Waals surface area contributed by atoms with Gasteiger partial charge in [0.2, 0.25) is 0 Å². The summed E-state index contributed by atoms with van der Waals surface area (Å²) in [5, 5.41) is 6.69. The number of para-hydroxylation sites is 1. The molecule has 1 aliphatic heterocycles. The average molecular weight is 322 g/mol. The number of hydrogen-bond acceptors (Lipinski definition) is 3. The third-order valence-corrected chi connectivity index (χ3v) is 5.08. The van der Waals surface area contributed by atoms with Crippen molar-refractivity contribution in [3.8, 4) is 0 Å². The molecule has 4 rings (SSSR count). The molecule has 0 saturated heterocycles. The van der Waals surface area contributed by atoms with E-state index in [0.717, 1.165) is 30.6 Å². The highest BCUT2D eigenvalue weighted by Gasteiger charge is 2.35. The normalized spacial score (nSPS) is 20.9. The second-order valence-corrected chi connectivity index (χ2v) is 6.48. The van der Waals surface area contributed by atoms with Crippen LogP contribution in [0.15, 0.2) is 42.5 Å². The molecule has 0 fully saturated rings. The van der Waals surface area contributed by atoms with Gasteiger partial charge >= 0.3 is 6.09 Å². The molecule has 1 heterocycles. The van der Waals surface area contributed by atoms with Crippen molar-refractivity contribution < 1.29 is 9.53 Å². The van der Waals surface area contributed by atoms with E-state index in [1.165, 1.54) is 16.7 Å². The Morgan fingerprint density at radius 2 is 1.96 bits per heavy atom. The molecule has 2 aromatic rings. The smallest absolute Gasteiger partial charge is 0.407 e. The SMILES string of the molecule is CCOC(=O)NC1CCc2cccc3c2C1Cc1ccccc1N3.